The van der Waals surface area contributed by atoms with Crippen LogP contribution in [0.25, 0.3) is 21.9 Å². The summed E-state index contributed by atoms with van der Waals surface area (Å²) in [5.74, 6) is 3.39. The molecule has 0 saturated carbocycles. The van der Waals surface area contributed by atoms with Crippen LogP contribution in [0.1, 0.15) is 24.9 Å². The van der Waals surface area contributed by atoms with E-state index in [9.17, 15) is 0 Å². The van der Waals surface area contributed by atoms with E-state index in [0.717, 1.165) is 95.6 Å². The van der Waals surface area contributed by atoms with Crippen molar-refractivity contribution in [1.82, 2.24) is 30.2 Å². The summed E-state index contributed by atoms with van der Waals surface area (Å²) < 4.78 is 0. The van der Waals surface area contributed by atoms with Gasteiger partial charge in [-0.05, 0) is 49.7 Å². The fraction of sp³-hybridized carbons (Fsp3) is 0.462. The number of nitrogens with two attached hydrogens (primary N) is 1. The molecule has 0 spiro atoms. The lowest BCUT2D eigenvalue weighted by atomic mass is 9.96. The molecule has 0 amide bonds. The highest BCUT2D eigenvalue weighted by Gasteiger charge is 2.40. The molecule has 6 heterocycles. The van der Waals surface area contributed by atoms with E-state index in [-0.39, 0.29) is 6.04 Å². The van der Waals surface area contributed by atoms with Crippen molar-refractivity contribution >= 4 is 56.9 Å². The van der Waals surface area contributed by atoms with E-state index in [4.69, 9.17) is 37.3 Å². The van der Waals surface area contributed by atoms with Crippen LogP contribution in [-0.4, -0.2) is 69.7 Å². The van der Waals surface area contributed by atoms with Crippen molar-refractivity contribution in [3.8, 4) is 0 Å². The van der Waals surface area contributed by atoms with Gasteiger partial charge in [-0.25, -0.2) is 19.9 Å². The summed E-state index contributed by atoms with van der Waals surface area (Å²) in [4.78, 5) is 28.6. The lowest BCUT2D eigenvalue weighted by Crippen LogP contribution is -2.51. The summed E-state index contributed by atoms with van der Waals surface area (Å²) in [7, 11) is 0. The molecule has 37 heavy (non-hydrogen) atoms. The fourth-order valence-electron chi connectivity index (χ4n) is 5.81. The molecule has 1 aromatic carbocycles. The number of aromatic nitrogens is 5. The Morgan fingerprint density at radius 2 is 2.00 bits per heavy atom. The van der Waals surface area contributed by atoms with E-state index >= 15 is 0 Å². The minimum Gasteiger partial charge on any atom is -0.354 e. The van der Waals surface area contributed by atoms with Crippen molar-refractivity contribution in [2.24, 2.45) is 11.7 Å². The summed E-state index contributed by atoms with van der Waals surface area (Å²) in [6, 6.07) is 7.07. The molecule has 3 aliphatic rings. The molecular weight excluding hydrogens is 506 g/mol. The zero-order valence-corrected chi connectivity index (χ0v) is 22.5. The first-order valence-electron chi connectivity index (χ1n) is 13.0. The first-order chi connectivity index (χ1) is 18.0. The third kappa shape index (κ3) is 4.01. The lowest BCUT2D eigenvalue weighted by Gasteiger charge is -2.29. The minimum atomic E-state index is 0.142. The van der Waals surface area contributed by atoms with Gasteiger partial charge in [0.15, 0.2) is 5.16 Å². The third-order valence-corrected chi connectivity index (χ3v) is 9.12. The first-order valence-corrected chi connectivity index (χ1v) is 14.2. The van der Waals surface area contributed by atoms with Gasteiger partial charge < -0.3 is 25.8 Å². The minimum absolute atomic E-state index is 0.142. The second kappa shape index (κ2) is 8.97. The molecule has 0 aliphatic carbocycles. The molecule has 4 aromatic rings. The van der Waals surface area contributed by atoms with Gasteiger partial charge in [0, 0.05) is 66.7 Å². The number of fused-ring (bicyclic) bond motifs is 3. The SMILES string of the molecule is CCc1[nH]c2nc(Sc3ccc4nc(C)nc(N5CC6CNC6C5)c4c3)nc(N3CCC(N)C3)c2c1Cl. The van der Waals surface area contributed by atoms with Crippen LogP contribution < -0.4 is 20.9 Å². The molecule has 192 valence electrons. The summed E-state index contributed by atoms with van der Waals surface area (Å²) in [6.45, 7) is 8.80. The van der Waals surface area contributed by atoms with Gasteiger partial charge in [-0.2, -0.15) is 0 Å². The number of aromatic amines is 1. The van der Waals surface area contributed by atoms with Crippen LogP contribution in [0.5, 0.6) is 0 Å². The molecule has 11 heteroatoms. The van der Waals surface area contributed by atoms with E-state index < -0.39 is 0 Å². The Hall–Kier alpha value is -2.66. The van der Waals surface area contributed by atoms with Crippen molar-refractivity contribution in [3.63, 3.8) is 0 Å². The normalized spacial score (nSPS) is 23.3. The number of hydrogen-bond acceptors (Lipinski definition) is 9. The van der Waals surface area contributed by atoms with Gasteiger partial charge in [0.25, 0.3) is 0 Å². The molecule has 3 unspecified atom stereocenters. The van der Waals surface area contributed by atoms with Gasteiger partial charge in [0.05, 0.1) is 15.9 Å². The van der Waals surface area contributed by atoms with E-state index in [1.54, 1.807) is 11.8 Å². The fourth-order valence-corrected chi connectivity index (χ4v) is 6.95. The topological polar surface area (TPSA) is 112 Å². The molecular formula is C26H30ClN9S. The standard InChI is InChI=1S/C26H30ClN9S/c1-3-18-22(27)21-23(32-18)33-26(34-25(21)35-7-6-15(28)11-35)37-16-4-5-19-17(8-16)24(31-13(2)30-19)36-10-14-9-29-20(14)12-36/h4-5,8,14-15,20,29H,3,6-7,9-12,28H2,1-2H3,(H,32,33,34). The summed E-state index contributed by atoms with van der Waals surface area (Å²) in [6.07, 6.45) is 1.74. The van der Waals surface area contributed by atoms with Gasteiger partial charge in [0.2, 0.25) is 0 Å². The number of halogens is 1. The number of H-pyrrole nitrogens is 1. The average molecular weight is 536 g/mol. The molecule has 7 rings (SSSR count). The highest BCUT2D eigenvalue weighted by molar-refractivity contribution is 7.99. The lowest BCUT2D eigenvalue weighted by molar-refractivity contribution is 0.297. The van der Waals surface area contributed by atoms with E-state index in [0.29, 0.717) is 22.1 Å². The van der Waals surface area contributed by atoms with E-state index in [1.807, 2.05) is 6.92 Å². The van der Waals surface area contributed by atoms with Crippen LogP contribution in [-0.2, 0) is 6.42 Å². The summed E-state index contributed by atoms with van der Waals surface area (Å²) in [5, 5.41) is 6.89. The molecule has 3 atom stereocenters. The Kier molecular flexibility index (Phi) is 5.69. The van der Waals surface area contributed by atoms with Crippen molar-refractivity contribution in [2.75, 3.05) is 42.5 Å². The van der Waals surface area contributed by atoms with Crippen LogP contribution >= 0.6 is 23.4 Å². The number of benzene rings is 1. The van der Waals surface area contributed by atoms with E-state index in [2.05, 4.69) is 45.2 Å². The molecule has 0 radical (unpaired) electrons. The predicted molar refractivity (Wildman–Crippen MR) is 149 cm³/mol. The van der Waals surface area contributed by atoms with Crippen LogP contribution in [0.2, 0.25) is 5.02 Å². The van der Waals surface area contributed by atoms with Crippen molar-refractivity contribution in [3.05, 3.63) is 34.7 Å². The molecule has 0 bridgehead atoms. The van der Waals surface area contributed by atoms with E-state index in [1.165, 1.54) is 0 Å². The second-order valence-corrected chi connectivity index (χ2v) is 11.8. The number of anilines is 2. The van der Waals surface area contributed by atoms with Gasteiger partial charge in [-0.3, -0.25) is 0 Å². The molecule has 9 nitrogen and oxygen atoms in total. The van der Waals surface area contributed by atoms with Crippen LogP contribution in [0.15, 0.2) is 28.3 Å². The maximum absolute atomic E-state index is 6.77. The second-order valence-electron chi connectivity index (χ2n) is 10.4. The zero-order valence-electron chi connectivity index (χ0n) is 21.0. The third-order valence-electron chi connectivity index (χ3n) is 7.85. The van der Waals surface area contributed by atoms with Crippen molar-refractivity contribution < 1.29 is 0 Å². The molecule has 3 aliphatic heterocycles. The maximum atomic E-state index is 6.77. The summed E-state index contributed by atoms with van der Waals surface area (Å²) >= 11 is 8.33. The smallest absolute Gasteiger partial charge is 0.196 e. The van der Waals surface area contributed by atoms with Gasteiger partial charge in [0.1, 0.15) is 23.1 Å². The van der Waals surface area contributed by atoms with Crippen LogP contribution in [0.3, 0.4) is 0 Å². The largest absolute Gasteiger partial charge is 0.354 e. The zero-order chi connectivity index (χ0) is 25.3. The van der Waals surface area contributed by atoms with Crippen molar-refractivity contribution in [1.29, 1.82) is 0 Å². The van der Waals surface area contributed by atoms with Gasteiger partial charge in [-0.1, -0.05) is 18.5 Å². The Morgan fingerprint density at radius 1 is 1.11 bits per heavy atom. The molecule has 3 saturated heterocycles. The highest BCUT2D eigenvalue weighted by atomic mass is 35.5. The Labute approximate surface area is 224 Å². The Morgan fingerprint density at radius 3 is 2.70 bits per heavy atom. The quantitative estimate of drug-likeness (QED) is 0.330. The molecule has 3 fully saturated rings. The monoisotopic (exact) mass is 535 g/mol. The predicted octanol–water partition coefficient (Wildman–Crippen LogP) is 3.52. The number of nitrogens with one attached hydrogen (secondary N) is 2. The summed E-state index contributed by atoms with van der Waals surface area (Å²) in [5.41, 5.74) is 8.96. The number of nitrogens with zero attached hydrogens (tertiary/aromatic N) is 6. The van der Waals surface area contributed by atoms with Gasteiger partial charge >= 0.3 is 0 Å². The Balaban J connectivity index is 1.28. The van der Waals surface area contributed by atoms with Gasteiger partial charge in [-0.15, -0.1) is 0 Å². The maximum Gasteiger partial charge on any atom is 0.196 e. The average Bonchev–Trinajstić information content (AvgIpc) is 3.53. The highest BCUT2D eigenvalue weighted by Crippen LogP contribution is 2.39. The number of aryl methyl sites for hydroxylation is 2. The van der Waals surface area contributed by atoms with Crippen LogP contribution in [0.4, 0.5) is 11.6 Å². The number of hydrogen-bond donors (Lipinski definition) is 3. The first kappa shape index (κ1) is 23.5. The molecule has 3 aromatic heterocycles. The molecule has 4 N–H and O–H groups in total. The van der Waals surface area contributed by atoms with Crippen LogP contribution in [0, 0.1) is 12.8 Å². The van der Waals surface area contributed by atoms with Crippen molar-refractivity contribution in [2.45, 2.75) is 48.8 Å². The number of rotatable bonds is 5. The Bertz CT molecular complexity index is 1510.